The van der Waals surface area contributed by atoms with E-state index in [4.69, 9.17) is 9.47 Å². The Bertz CT molecular complexity index is 924. The van der Waals surface area contributed by atoms with Crippen LogP contribution < -0.4 is 51.4 Å². The van der Waals surface area contributed by atoms with Gasteiger partial charge in [-0.3, -0.25) is 0 Å². The summed E-state index contributed by atoms with van der Waals surface area (Å²) in [5.74, 6) is -1.87. The van der Waals surface area contributed by atoms with E-state index in [0.717, 1.165) is 57.4 Å². The number of carbonyl (C=O) groups excluding carboxylic acids is 2. The molecule has 0 aliphatic heterocycles. The van der Waals surface area contributed by atoms with E-state index in [2.05, 4.69) is 12.2 Å². The number of ether oxygens (including phenoxy) is 2. The molecule has 0 aliphatic carbocycles. The Labute approximate surface area is 252 Å². The van der Waals surface area contributed by atoms with Crippen molar-refractivity contribution in [2.24, 2.45) is 0 Å². The first-order valence-electron chi connectivity index (χ1n) is 12.0. The molecule has 0 atom stereocenters. The van der Waals surface area contributed by atoms with Gasteiger partial charge in [-0.1, -0.05) is 56.1 Å². The van der Waals surface area contributed by atoms with E-state index < -0.39 is 32.5 Å². The molecular formula is C26H37KO7S. The number of benzene rings is 1. The third kappa shape index (κ3) is 14.5. The van der Waals surface area contributed by atoms with Gasteiger partial charge in [0, 0.05) is 0 Å². The zero-order valence-electron chi connectivity index (χ0n) is 21.3. The van der Waals surface area contributed by atoms with Crippen LogP contribution in [0.3, 0.4) is 0 Å². The Morgan fingerprint density at radius 1 is 0.800 bits per heavy atom. The van der Waals surface area contributed by atoms with Crippen molar-refractivity contribution in [3.05, 3.63) is 53.6 Å². The molecule has 0 saturated carbocycles. The molecule has 1 rings (SSSR count). The molecule has 0 heterocycles. The first kappa shape index (κ1) is 34.2. The minimum absolute atomic E-state index is 0. The molecule has 0 unspecified atom stereocenters. The number of hydrogen-bond acceptors (Lipinski definition) is 7. The van der Waals surface area contributed by atoms with E-state index >= 15 is 0 Å². The second-order valence-corrected chi connectivity index (χ2v) is 9.30. The van der Waals surface area contributed by atoms with Crippen molar-refractivity contribution in [3.63, 3.8) is 0 Å². The zero-order valence-corrected chi connectivity index (χ0v) is 25.2. The van der Waals surface area contributed by atoms with Crippen LogP contribution in [0.4, 0.5) is 0 Å². The Kier molecular flexibility index (Phi) is 19.8. The zero-order chi connectivity index (χ0) is 25.2. The Balaban J connectivity index is 0.0000116. The predicted molar refractivity (Wildman–Crippen MR) is 131 cm³/mol. The van der Waals surface area contributed by atoms with Gasteiger partial charge in [-0.25, -0.2) is 18.0 Å². The first-order valence-corrected chi connectivity index (χ1v) is 13.4. The molecule has 35 heavy (non-hydrogen) atoms. The van der Waals surface area contributed by atoms with Crippen LogP contribution in [-0.4, -0.2) is 38.1 Å². The summed E-state index contributed by atoms with van der Waals surface area (Å²) < 4.78 is 45.6. The average molecular weight is 533 g/mol. The topological polar surface area (TPSA) is 110 Å². The molecule has 0 aromatic heterocycles. The van der Waals surface area contributed by atoms with Gasteiger partial charge in [0.15, 0.2) is 0 Å². The van der Waals surface area contributed by atoms with Crippen LogP contribution in [0.2, 0.25) is 0 Å². The minimum atomic E-state index is -4.99. The summed E-state index contributed by atoms with van der Waals surface area (Å²) in [6, 6.07) is 3.51. The van der Waals surface area contributed by atoms with Gasteiger partial charge in [-0.05, 0) is 64.5 Å². The predicted octanol–water partition coefficient (Wildman–Crippen LogP) is 2.96. The normalized spacial score (nSPS) is 11.5. The molecule has 1 aromatic carbocycles. The average Bonchev–Trinajstić information content (AvgIpc) is 2.81. The fourth-order valence-electron chi connectivity index (χ4n) is 3.37. The quantitative estimate of drug-likeness (QED) is 0.0997. The molecule has 0 amide bonds. The molecule has 0 fully saturated rings. The number of unbranched alkanes of at least 4 members (excludes halogenated alkanes) is 8. The summed E-state index contributed by atoms with van der Waals surface area (Å²) in [5, 5.41) is 0. The number of hydrogen-bond donors (Lipinski definition) is 0. The van der Waals surface area contributed by atoms with Crippen molar-refractivity contribution >= 4 is 22.1 Å². The monoisotopic (exact) mass is 532 g/mol. The molecule has 0 saturated heterocycles. The van der Waals surface area contributed by atoms with Crippen molar-refractivity contribution in [3.8, 4) is 0 Å². The summed E-state index contributed by atoms with van der Waals surface area (Å²) in [6.07, 6.45) is 17.2. The third-order valence-corrected chi connectivity index (χ3v) is 6.07. The first-order chi connectivity index (χ1) is 16.3. The summed E-state index contributed by atoms with van der Waals surface area (Å²) in [5.41, 5.74) is -0.830. The maximum Gasteiger partial charge on any atom is 1.00 e. The van der Waals surface area contributed by atoms with Crippen LogP contribution in [0.5, 0.6) is 0 Å². The molecule has 190 valence electrons. The van der Waals surface area contributed by atoms with Crippen LogP contribution in [0.15, 0.2) is 47.4 Å². The summed E-state index contributed by atoms with van der Waals surface area (Å²) in [4.78, 5) is 24.5. The minimum Gasteiger partial charge on any atom is -0.744 e. The SMILES string of the molecule is C/C=C/CCCCCCOC(=O)c1cccc(S(=O)(=O)[O-])c1C(=O)OCCCCCC/C=C/C.[K+]. The largest absolute Gasteiger partial charge is 1.00 e. The molecule has 9 heteroatoms. The van der Waals surface area contributed by atoms with E-state index in [1.54, 1.807) is 0 Å². The van der Waals surface area contributed by atoms with Crippen LogP contribution in [0.1, 0.15) is 98.8 Å². The van der Waals surface area contributed by atoms with Gasteiger partial charge in [-0.15, -0.1) is 0 Å². The van der Waals surface area contributed by atoms with Gasteiger partial charge in [0.1, 0.15) is 10.1 Å². The molecule has 0 N–H and O–H groups in total. The Morgan fingerprint density at radius 2 is 1.29 bits per heavy atom. The second-order valence-electron chi connectivity index (χ2n) is 7.95. The second kappa shape index (κ2) is 20.3. The molecule has 0 bridgehead atoms. The number of allylic oxidation sites excluding steroid dienone is 4. The van der Waals surface area contributed by atoms with Crippen molar-refractivity contribution in [1.82, 2.24) is 0 Å². The number of esters is 2. The standard InChI is InChI=1S/C26H38O7S.K/c1-3-5-7-9-11-13-15-20-32-25(27)22-18-17-19-23(34(29,30)31)24(22)26(28)33-21-16-14-12-10-8-6-4-2;/h3-6,17-19H,7-16,20-21H2,1-2H3,(H,29,30,31);/q;+1/p-1/b5-3+,6-4+;. The van der Waals surface area contributed by atoms with Gasteiger partial charge in [0.2, 0.25) is 0 Å². The molecule has 0 spiro atoms. The smallest absolute Gasteiger partial charge is 0.744 e. The van der Waals surface area contributed by atoms with Gasteiger partial charge in [0.05, 0.1) is 29.2 Å². The molecule has 0 radical (unpaired) electrons. The van der Waals surface area contributed by atoms with Crippen LogP contribution >= 0.6 is 0 Å². The molecule has 1 aromatic rings. The summed E-state index contributed by atoms with van der Waals surface area (Å²) in [7, 11) is -4.99. The maximum absolute atomic E-state index is 12.7. The van der Waals surface area contributed by atoms with Crippen molar-refractivity contribution in [2.75, 3.05) is 13.2 Å². The number of carbonyl (C=O) groups is 2. The van der Waals surface area contributed by atoms with Crippen molar-refractivity contribution < 1.29 is 83.4 Å². The van der Waals surface area contributed by atoms with Gasteiger partial charge in [-0.2, -0.15) is 0 Å². The van der Waals surface area contributed by atoms with E-state index in [9.17, 15) is 22.6 Å². The van der Waals surface area contributed by atoms with Crippen molar-refractivity contribution in [1.29, 1.82) is 0 Å². The van der Waals surface area contributed by atoms with E-state index in [1.165, 1.54) is 12.1 Å². The van der Waals surface area contributed by atoms with Gasteiger partial charge in [0.25, 0.3) is 0 Å². The van der Waals surface area contributed by atoms with Crippen LogP contribution in [0, 0.1) is 0 Å². The fourth-order valence-corrected chi connectivity index (χ4v) is 4.06. The molecule has 0 aliphatic rings. The summed E-state index contributed by atoms with van der Waals surface area (Å²) in [6.45, 7) is 4.15. The van der Waals surface area contributed by atoms with Crippen LogP contribution in [0.25, 0.3) is 0 Å². The summed E-state index contributed by atoms with van der Waals surface area (Å²) >= 11 is 0. The van der Waals surface area contributed by atoms with E-state index in [1.807, 2.05) is 26.0 Å². The third-order valence-electron chi connectivity index (χ3n) is 5.19. The van der Waals surface area contributed by atoms with Gasteiger partial charge >= 0.3 is 63.3 Å². The Morgan fingerprint density at radius 3 is 1.77 bits per heavy atom. The van der Waals surface area contributed by atoms with Gasteiger partial charge < -0.3 is 14.0 Å². The van der Waals surface area contributed by atoms with E-state index in [0.29, 0.717) is 12.8 Å². The number of rotatable bonds is 17. The van der Waals surface area contributed by atoms with E-state index in [-0.39, 0.29) is 70.2 Å². The molecular weight excluding hydrogens is 495 g/mol. The fraction of sp³-hybridized carbons (Fsp3) is 0.538. The maximum atomic E-state index is 12.7. The van der Waals surface area contributed by atoms with Crippen molar-refractivity contribution in [2.45, 2.75) is 83.0 Å². The Hall–Kier alpha value is -0.814. The molecule has 7 nitrogen and oxygen atoms in total. The van der Waals surface area contributed by atoms with Crippen LogP contribution in [-0.2, 0) is 19.6 Å².